The quantitative estimate of drug-likeness (QED) is 0.364. The van der Waals surface area contributed by atoms with Gasteiger partial charge in [0.1, 0.15) is 5.75 Å². The predicted molar refractivity (Wildman–Crippen MR) is 115 cm³/mol. The highest BCUT2D eigenvalue weighted by molar-refractivity contribution is 9.12. The van der Waals surface area contributed by atoms with Gasteiger partial charge in [-0.1, -0.05) is 23.8 Å². The van der Waals surface area contributed by atoms with Crippen LogP contribution in [-0.2, 0) is 19.2 Å². The molecule has 1 aliphatic heterocycles. The van der Waals surface area contributed by atoms with E-state index >= 15 is 0 Å². The van der Waals surface area contributed by atoms with Crippen LogP contribution in [0.25, 0.3) is 0 Å². The Kier molecular flexibility index (Phi) is 4.45. The number of amides is 2. The normalized spacial score (nSPS) is 29.8. The molecular formula is C24H20BrNO5. The number of carbonyl (C=O) groups excluding carboxylic acids is 4. The van der Waals surface area contributed by atoms with Crippen LogP contribution < -0.4 is 5.32 Å². The molecule has 0 radical (unpaired) electrons. The van der Waals surface area contributed by atoms with Gasteiger partial charge in [0.15, 0.2) is 11.6 Å². The zero-order chi connectivity index (χ0) is 22.2. The molecule has 1 fully saturated rings. The fraction of sp³-hybridized carbons (Fsp3) is 0.333. The van der Waals surface area contributed by atoms with Crippen molar-refractivity contribution in [2.75, 3.05) is 0 Å². The second-order valence-corrected chi connectivity index (χ2v) is 9.60. The van der Waals surface area contributed by atoms with Gasteiger partial charge in [0.05, 0.1) is 16.3 Å². The number of halogens is 1. The number of allylic oxidation sites excluding steroid dienone is 6. The minimum absolute atomic E-state index is 0.192. The molecule has 0 bridgehead atoms. The van der Waals surface area contributed by atoms with E-state index < -0.39 is 17.8 Å². The maximum absolute atomic E-state index is 13.1. The number of fused-ring (bicyclic) bond motifs is 3. The van der Waals surface area contributed by atoms with E-state index in [0.29, 0.717) is 28.7 Å². The van der Waals surface area contributed by atoms with Crippen molar-refractivity contribution in [3.63, 3.8) is 0 Å². The lowest BCUT2D eigenvalue weighted by atomic mass is 9.59. The van der Waals surface area contributed by atoms with Gasteiger partial charge in [0.25, 0.3) is 0 Å². The van der Waals surface area contributed by atoms with Crippen molar-refractivity contribution >= 4 is 39.3 Å². The summed E-state index contributed by atoms with van der Waals surface area (Å²) in [6.07, 6.45) is 3.96. The van der Waals surface area contributed by atoms with E-state index in [1.807, 2.05) is 18.2 Å². The minimum atomic E-state index is -0.545. The summed E-state index contributed by atoms with van der Waals surface area (Å²) in [6.45, 7) is 3.58. The second-order valence-electron chi connectivity index (χ2n) is 8.75. The number of aromatic hydroxyl groups is 1. The van der Waals surface area contributed by atoms with Crippen LogP contribution in [0.2, 0.25) is 0 Å². The zero-order valence-electron chi connectivity index (χ0n) is 17.0. The topological polar surface area (TPSA) is 101 Å². The van der Waals surface area contributed by atoms with E-state index in [1.54, 1.807) is 13.8 Å². The number of Topliss-reactive ketones (excluding diaryl/α,β-unsaturated/α-hetero) is 1. The Balaban J connectivity index is 1.74. The molecule has 0 saturated carbocycles. The largest absolute Gasteiger partial charge is 0.507 e. The van der Waals surface area contributed by atoms with Crippen molar-refractivity contribution in [2.45, 2.75) is 32.6 Å². The molecule has 0 spiro atoms. The van der Waals surface area contributed by atoms with E-state index in [1.165, 1.54) is 6.08 Å². The van der Waals surface area contributed by atoms with Crippen molar-refractivity contribution < 1.29 is 24.3 Å². The summed E-state index contributed by atoms with van der Waals surface area (Å²) >= 11 is 3.21. The zero-order valence-corrected chi connectivity index (χ0v) is 18.6. The molecule has 4 unspecified atom stereocenters. The number of carbonyl (C=O) groups is 4. The van der Waals surface area contributed by atoms with Crippen LogP contribution >= 0.6 is 15.9 Å². The van der Waals surface area contributed by atoms with Crippen molar-refractivity contribution in [3.8, 4) is 5.75 Å². The number of ketones is 2. The third kappa shape index (κ3) is 2.82. The lowest BCUT2D eigenvalue weighted by Crippen LogP contribution is -2.39. The number of imide groups is 1. The third-order valence-corrected chi connectivity index (χ3v) is 7.61. The molecule has 3 aliphatic carbocycles. The SMILES string of the molecule is Cc1cc(C2C3=CCC4C(=O)NC(=O)C4C3CC3=C2C(=O)C=C(Br)C3=O)cc(C)c1O. The number of aryl methyl sites for hydroxylation is 2. The molecule has 4 aliphatic rings. The number of nitrogens with one attached hydrogen (secondary N) is 1. The van der Waals surface area contributed by atoms with E-state index in [9.17, 15) is 24.3 Å². The maximum Gasteiger partial charge on any atom is 0.231 e. The summed E-state index contributed by atoms with van der Waals surface area (Å²) in [5.41, 5.74) is 3.89. The fourth-order valence-corrected chi connectivity index (χ4v) is 6.10. The molecular weight excluding hydrogens is 462 g/mol. The van der Waals surface area contributed by atoms with E-state index in [4.69, 9.17) is 0 Å². The smallest absolute Gasteiger partial charge is 0.231 e. The predicted octanol–water partition coefficient (Wildman–Crippen LogP) is 3.06. The first-order chi connectivity index (χ1) is 14.7. The van der Waals surface area contributed by atoms with Gasteiger partial charge in [-0.3, -0.25) is 24.5 Å². The van der Waals surface area contributed by atoms with Crippen molar-refractivity contribution in [1.82, 2.24) is 5.32 Å². The molecule has 1 aromatic carbocycles. The summed E-state index contributed by atoms with van der Waals surface area (Å²) < 4.78 is 0.208. The number of hydrogen-bond donors (Lipinski definition) is 2. The maximum atomic E-state index is 13.1. The van der Waals surface area contributed by atoms with Gasteiger partial charge in [-0.25, -0.2) is 0 Å². The highest BCUT2D eigenvalue weighted by Gasteiger charge is 2.53. The van der Waals surface area contributed by atoms with E-state index in [0.717, 1.165) is 11.1 Å². The van der Waals surface area contributed by atoms with Gasteiger partial charge in [0.2, 0.25) is 11.8 Å². The molecule has 31 heavy (non-hydrogen) atoms. The number of phenols is 1. The average Bonchev–Trinajstić information content (AvgIpc) is 3.02. The van der Waals surface area contributed by atoms with E-state index in [-0.39, 0.29) is 46.0 Å². The van der Waals surface area contributed by atoms with Crippen molar-refractivity contribution in [2.24, 2.45) is 17.8 Å². The van der Waals surface area contributed by atoms with Crippen LogP contribution in [0.1, 0.15) is 35.4 Å². The lowest BCUT2D eigenvalue weighted by Gasteiger charge is -2.42. The van der Waals surface area contributed by atoms with E-state index in [2.05, 4.69) is 21.2 Å². The third-order valence-electron chi connectivity index (χ3n) is 7.02. The van der Waals surface area contributed by atoms with Crippen LogP contribution in [0.15, 0.2) is 45.5 Å². The highest BCUT2D eigenvalue weighted by atomic mass is 79.9. The van der Waals surface area contributed by atoms with Gasteiger partial charge in [-0.2, -0.15) is 0 Å². The molecule has 2 amide bonds. The number of rotatable bonds is 1. The minimum Gasteiger partial charge on any atom is -0.507 e. The molecule has 2 N–H and O–H groups in total. The number of phenolic OH excluding ortho intramolecular Hbond substituents is 1. The molecule has 5 rings (SSSR count). The molecule has 1 aromatic rings. The molecule has 6 nitrogen and oxygen atoms in total. The average molecular weight is 482 g/mol. The summed E-state index contributed by atoms with van der Waals surface area (Å²) in [7, 11) is 0. The van der Waals surface area contributed by atoms with Gasteiger partial charge >= 0.3 is 0 Å². The van der Waals surface area contributed by atoms with Crippen LogP contribution in [0, 0.1) is 31.6 Å². The standard InChI is InChI=1S/C24H20BrNO5/c1-9-5-11(6-10(2)21(9)28)18-12-3-4-13-19(24(31)26-23(13)30)14(12)7-15-20(18)17(27)8-16(25)22(15)29/h3,5-6,8,13-14,18-19,28H,4,7H2,1-2H3,(H,26,30,31). The summed E-state index contributed by atoms with van der Waals surface area (Å²) in [6, 6.07) is 3.66. The summed E-state index contributed by atoms with van der Waals surface area (Å²) in [5.74, 6) is -2.70. The molecule has 0 aromatic heterocycles. The molecule has 7 heteroatoms. The first kappa shape index (κ1) is 20.1. The fourth-order valence-electron chi connectivity index (χ4n) is 5.65. The second kappa shape index (κ2) is 6.85. The molecule has 1 saturated heterocycles. The number of hydrogen-bond acceptors (Lipinski definition) is 5. The molecule has 4 atom stereocenters. The first-order valence-corrected chi connectivity index (χ1v) is 11.0. The summed E-state index contributed by atoms with van der Waals surface area (Å²) in [5, 5.41) is 12.7. The monoisotopic (exact) mass is 481 g/mol. The highest BCUT2D eigenvalue weighted by Crippen LogP contribution is 2.54. The lowest BCUT2D eigenvalue weighted by molar-refractivity contribution is -0.126. The summed E-state index contributed by atoms with van der Waals surface area (Å²) in [4.78, 5) is 51.1. The van der Waals surface area contributed by atoms with Crippen molar-refractivity contribution in [3.05, 3.63) is 62.2 Å². The van der Waals surface area contributed by atoms with Crippen LogP contribution in [0.5, 0.6) is 5.75 Å². The molecule has 158 valence electrons. The number of benzene rings is 1. The van der Waals surface area contributed by atoms with Gasteiger partial charge < -0.3 is 5.11 Å². The Morgan fingerprint density at radius 2 is 1.71 bits per heavy atom. The van der Waals surface area contributed by atoms with Gasteiger partial charge in [-0.15, -0.1) is 0 Å². The Bertz CT molecular complexity index is 1180. The van der Waals surface area contributed by atoms with Crippen molar-refractivity contribution in [1.29, 1.82) is 0 Å². The van der Waals surface area contributed by atoms with Gasteiger partial charge in [-0.05, 0) is 65.2 Å². The van der Waals surface area contributed by atoms with Crippen LogP contribution in [0.3, 0.4) is 0 Å². The van der Waals surface area contributed by atoms with Crippen LogP contribution in [-0.4, -0.2) is 28.5 Å². The molecule has 1 heterocycles. The Hall–Kier alpha value is -2.80. The Morgan fingerprint density at radius 1 is 1.03 bits per heavy atom. The van der Waals surface area contributed by atoms with Crippen LogP contribution in [0.4, 0.5) is 0 Å². The Labute approximate surface area is 187 Å². The first-order valence-electron chi connectivity index (χ1n) is 10.2. The van der Waals surface area contributed by atoms with Gasteiger partial charge in [0, 0.05) is 23.1 Å². The Morgan fingerprint density at radius 3 is 2.39 bits per heavy atom.